The minimum Gasteiger partial charge on any atom is -0.354 e. The molecule has 2 rings (SSSR count). The highest BCUT2D eigenvalue weighted by Gasteiger charge is 2.34. The van der Waals surface area contributed by atoms with E-state index in [1.165, 1.54) is 6.07 Å². The van der Waals surface area contributed by atoms with E-state index in [9.17, 15) is 22.8 Å². The van der Waals surface area contributed by atoms with Crippen LogP contribution in [-0.4, -0.2) is 23.1 Å². The van der Waals surface area contributed by atoms with E-state index in [2.05, 4.69) is 10.6 Å². The molecule has 2 N–H and O–H groups in total. The van der Waals surface area contributed by atoms with Crippen molar-refractivity contribution in [2.45, 2.75) is 42.6 Å². The molecule has 22 heavy (non-hydrogen) atoms. The Hall–Kier alpha value is -1.70. The number of hydrogen-bond acceptors (Lipinski definition) is 3. The summed E-state index contributed by atoms with van der Waals surface area (Å²) in [5.41, 5.74) is -0.687. The molecule has 1 atom stereocenters. The molecule has 0 unspecified atom stereocenters. The van der Waals surface area contributed by atoms with Gasteiger partial charge in [0.15, 0.2) is 0 Å². The molecule has 1 aliphatic heterocycles. The van der Waals surface area contributed by atoms with E-state index >= 15 is 0 Å². The van der Waals surface area contributed by atoms with Crippen LogP contribution in [-0.2, 0) is 15.8 Å². The van der Waals surface area contributed by atoms with Crippen LogP contribution in [0.5, 0.6) is 0 Å². The Kier molecular flexibility index (Phi) is 4.69. The first-order valence-electron chi connectivity index (χ1n) is 6.65. The van der Waals surface area contributed by atoms with Gasteiger partial charge in [-0.2, -0.15) is 13.2 Å². The summed E-state index contributed by atoms with van der Waals surface area (Å²) in [5.74, 6) is -0.728. The molecule has 8 heteroatoms. The van der Waals surface area contributed by atoms with Crippen LogP contribution in [0, 0.1) is 0 Å². The van der Waals surface area contributed by atoms with E-state index < -0.39 is 22.9 Å². The van der Waals surface area contributed by atoms with Gasteiger partial charge in [-0.05, 0) is 32.0 Å². The topological polar surface area (TPSA) is 58.2 Å². The highest BCUT2D eigenvalue weighted by molar-refractivity contribution is 8.01. The predicted molar refractivity (Wildman–Crippen MR) is 77.6 cm³/mol. The normalized spacial score (nSPS) is 17.9. The number of benzene rings is 1. The highest BCUT2D eigenvalue weighted by atomic mass is 32.2. The van der Waals surface area contributed by atoms with Crippen LogP contribution >= 0.6 is 11.8 Å². The van der Waals surface area contributed by atoms with Gasteiger partial charge in [0.25, 0.3) is 0 Å². The number of halogens is 3. The van der Waals surface area contributed by atoms with Crippen molar-refractivity contribution in [1.82, 2.24) is 5.32 Å². The van der Waals surface area contributed by atoms with Crippen molar-refractivity contribution in [3.63, 3.8) is 0 Å². The average Bonchev–Trinajstić information content (AvgIpc) is 2.37. The Bertz CT molecular complexity index is 602. The van der Waals surface area contributed by atoms with Gasteiger partial charge in [-0.25, -0.2) is 0 Å². The number of nitrogens with one attached hydrogen (secondary N) is 2. The predicted octanol–water partition coefficient (Wildman–Crippen LogP) is 3.03. The molecule has 0 saturated carbocycles. The number of fused-ring (bicyclic) bond motifs is 1. The van der Waals surface area contributed by atoms with Crippen molar-refractivity contribution in [2.24, 2.45) is 0 Å². The zero-order chi connectivity index (χ0) is 16.5. The van der Waals surface area contributed by atoms with Gasteiger partial charge in [-0.3, -0.25) is 9.59 Å². The minimum absolute atomic E-state index is 0.0187. The Morgan fingerprint density at radius 1 is 1.41 bits per heavy atom. The molecule has 0 aliphatic carbocycles. The maximum Gasteiger partial charge on any atom is 0.416 e. The summed E-state index contributed by atoms with van der Waals surface area (Å²) >= 11 is 1.10. The lowest BCUT2D eigenvalue weighted by Gasteiger charge is -2.24. The quantitative estimate of drug-likeness (QED) is 0.894. The molecule has 120 valence electrons. The lowest BCUT2D eigenvalue weighted by Crippen LogP contribution is -2.37. The van der Waals surface area contributed by atoms with Gasteiger partial charge >= 0.3 is 6.18 Å². The Morgan fingerprint density at radius 2 is 2.09 bits per heavy atom. The molecular weight excluding hydrogens is 317 g/mol. The zero-order valence-corrected chi connectivity index (χ0v) is 12.8. The van der Waals surface area contributed by atoms with E-state index in [0.29, 0.717) is 4.90 Å². The highest BCUT2D eigenvalue weighted by Crippen LogP contribution is 2.40. The Labute approximate surface area is 129 Å². The van der Waals surface area contributed by atoms with Gasteiger partial charge in [0.2, 0.25) is 11.8 Å². The summed E-state index contributed by atoms with van der Waals surface area (Å²) in [7, 11) is 0. The Morgan fingerprint density at radius 3 is 2.68 bits per heavy atom. The number of carbonyl (C=O) groups is 2. The summed E-state index contributed by atoms with van der Waals surface area (Å²) in [5, 5.41) is 4.47. The van der Waals surface area contributed by atoms with Crippen molar-refractivity contribution in [3.05, 3.63) is 23.8 Å². The largest absolute Gasteiger partial charge is 0.416 e. The van der Waals surface area contributed by atoms with Crippen LogP contribution in [0.4, 0.5) is 18.9 Å². The fourth-order valence-electron chi connectivity index (χ4n) is 2.01. The summed E-state index contributed by atoms with van der Waals surface area (Å²) in [4.78, 5) is 24.2. The monoisotopic (exact) mass is 332 g/mol. The molecule has 1 aliphatic rings. The minimum atomic E-state index is -4.46. The van der Waals surface area contributed by atoms with Crippen molar-refractivity contribution in [1.29, 1.82) is 0 Å². The smallest absolute Gasteiger partial charge is 0.354 e. The molecule has 0 saturated heterocycles. The van der Waals surface area contributed by atoms with Gasteiger partial charge in [-0.15, -0.1) is 11.8 Å². The number of anilines is 1. The maximum absolute atomic E-state index is 12.7. The van der Waals surface area contributed by atoms with Gasteiger partial charge in [0.05, 0.1) is 16.5 Å². The zero-order valence-electron chi connectivity index (χ0n) is 12.0. The van der Waals surface area contributed by atoms with Crippen LogP contribution < -0.4 is 10.6 Å². The van der Waals surface area contributed by atoms with Crippen LogP contribution in [0.1, 0.15) is 25.8 Å². The van der Waals surface area contributed by atoms with Crippen LogP contribution in [0.25, 0.3) is 0 Å². The molecule has 0 bridgehead atoms. The second-order valence-corrected chi connectivity index (χ2v) is 6.48. The van der Waals surface area contributed by atoms with Crippen molar-refractivity contribution < 1.29 is 22.8 Å². The molecule has 1 heterocycles. The molecular formula is C14H15F3N2O2S. The van der Waals surface area contributed by atoms with Gasteiger partial charge < -0.3 is 10.6 Å². The van der Waals surface area contributed by atoms with Gasteiger partial charge in [0.1, 0.15) is 0 Å². The van der Waals surface area contributed by atoms with E-state index in [4.69, 9.17) is 0 Å². The van der Waals surface area contributed by atoms with Crippen molar-refractivity contribution in [2.75, 3.05) is 5.32 Å². The van der Waals surface area contributed by atoms with Crippen LogP contribution in [0.3, 0.4) is 0 Å². The molecule has 0 spiro atoms. The lowest BCUT2D eigenvalue weighted by atomic mass is 10.1. The van der Waals surface area contributed by atoms with Gasteiger partial charge in [-0.1, -0.05) is 0 Å². The molecule has 2 amide bonds. The average molecular weight is 332 g/mol. The second kappa shape index (κ2) is 6.20. The molecule has 0 aromatic heterocycles. The van der Waals surface area contributed by atoms with E-state index in [0.717, 1.165) is 23.9 Å². The van der Waals surface area contributed by atoms with Crippen LogP contribution in [0.15, 0.2) is 23.1 Å². The SMILES string of the molecule is CC(C)NC(=O)C[C@@H]1Sc2ccc(C(F)(F)F)cc2NC1=O. The first-order chi connectivity index (χ1) is 10.2. The summed E-state index contributed by atoms with van der Waals surface area (Å²) in [6, 6.07) is 3.15. The first kappa shape index (κ1) is 16.7. The van der Waals surface area contributed by atoms with Crippen LogP contribution in [0.2, 0.25) is 0 Å². The molecule has 0 fully saturated rings. The first-order valence-corrected chi connectivity index (χ1v) is 7.53. The molecule has 1 aromatic rings. The van der Waals surface area contributed by atoms with E-state index in [1.54, 1.807) is 13.8 Å². The fraction of sp³-hybridized carbons (Fsp3) is 0.429. The summed E-state index contributed by atoms with van der Waals surface area (Å²) in [6.07, 6.45) is -4.48. The Balaban J connectivity index is 2.14. The maximum atomic E-state index is 12.7. The molecule has 1 aromatic carbocycles. The van der Waals surface area contributed by atoms with Gasteiger partial charge in [0, 0.05) is 17.4 Å². The number of hydrogen-bond donors (Lipinski definition) is 2. The number of thioether (sulfide) groups is 1. The molecule has 4 nitrogen and oxygen atoms in total. The number of carbonyl (C=O) groups excluding carboxylic acids is 2. The van der Waals surface area contributed by atoms with Crippen molar-refractivity contribution >= 4 is 29.3 Å². The third kappa shape index (κ3) is 3.94. The number of amides is 2. The third-order valence-corrected chi connectivity index (χ3v) is 4.22. The third-order valence-electron chi connectivity index (χ3n) is 2.95. The molecule has 0 radical (unpaired) electrons. The summed E-state index contributed by atoms with van der Waals surface area (Å²) in [6.45, 7) is 3.61. The summed E-state index contributed by atoms with van der Waals surface area (Å²) < 4.78 is 38.0. The van der Waals surface area contributed by atoms with E-state index in [1.807, 2.05) is 0 Å². The number of rotatable bonds is 3. The fourth-order valence-corrected chi connectivity index (χ4v) is 3.10. The van der Waals surface area contributed by atoms with Crippen molar-refractivity contribution in [3.8, 4) is 0 Å². The lowest BCUT2D eigenvalue weighted by molar-refractivity contribution is -0.137. The standard InChI is InChI=1S/C14H15F3N2O2S/c1-7(2)18-12(20)6-11-13(21)19-9-5-8(14(15,16)17)3-4-10(9)22-11/h3-5,7,11H,6H2,1-2H3,(H,18,20)(H,19,21)/t11-/m0/s1. The number of alkyl halides is 3. The van der Waals surface area contributed by atoms with E-state index in [-0.39, 0.29) is 24.1 Å². The second-order valence-electron chi connectivity index (χ2n) is 5.23.